The normalized spacial score (nSPS) is 14.9. The standard InChI is InChI=1S/C21H23N3O4S/c1-14-11-17(24-19(14)20(26)15-7-4-3-5-8-15)12-18(25)21(2,29(22,27)28)16-9-6-10-23-13-16/h3-11,13,18,24-25H,12H2,1-2H3,(H2,22,27,28). The molecule has 0 radical (unpaired) electrons. The molecule has 0 aliphatic rings. The monoisotopic (exact) mass is 413 g/mol. The van der Waals surface area contributed by atoms with Crippen molar-refractivity contribution in [2.45, 2.75) is 31.1 Å². The number of aromatic nitrogens is 2. The topological polar surface area (TPSA) is 126 Å². The Labute approximate surface area is 169 Å². The molecule has 2 heterocycles. The largest absolute Gasteiger partial charge is 0.391 e. The summed E-state index contributed by atoms with van der Waals surface area (Å²) in [6, 6.07) is 13.7. The zero-order valence-corrected chi connectivity index (χ0v) is 17.0. The van der Waals surface area contributed by atoms with E-state index in [1.165, 1.54) is 19.3 Å². The second-order valence-corrected chi connectivity index (χ2v) is 9.10. The molecule has 0 saturated carbocycles. The molecule has 152 valence electrons. The van der Waals surface area contributed by atoms with Gasteiger partial charge in [-0.05, 0) is 37.1 Å². The number of carbonyl (C=O) groups is 1. The van der Waals surface area contributed by atoms with E-state index in [1.807, 2.05) is 6.07 Å². The Morgan fingerprint density at radius 2 is 1.93 bits per heavy atom. The Kier molecular flexibility index (Phi) is 5.70. The average Bonchev–Trinajstić information content (AvgIpc) is 3.07. The number of hydrogen-bond donors (Lipinski definition) is 3. The van der Waals surface area contributed by atoms with Crippen molar-refractivity contribution in [1.29, 1.82) is 0 Å². The fourth-order valence-corrected chi connectivity index (χ4v) is 4.23. The number of aliphatic hydroxyl groups is 1. The van der Waals surface area contributed by atoms with Gasteiger partial charge in [-0.15, -0.1) is 0 Å². The first-order chi connectivity index (χ1) is 13.6. The molecule has 7 nitrogen and oxygen atoms in total. The van der Waals surface area contributed by atoms with Crippen LogP contribution in [0.2, 0.25) is 0 Å². The highest BCUT2D eigenvalue weighted by atomic mass is 32.2. The highest BCUT2D eigenvalue weighted by Gasteiger charge is 2.45. The van der Waals surface area contributed by atoms with E-state index in [9.17, 15) is 18.3 Å². The van der Waals surface area contributed by atoms with Crippen LogP contribution >= 0.6 is 0 Å². The Balaban J connectivity index is 1.92. The van der Waals surface area contributed by atoms with Crippen molar-refractivity contribution < 1.29 is 18.3 Å². The summed E-state index contributed by atoms with van der Waals surface area (Å²) in [5.74, 6) is -0.176. The number of pyridine rings is 1. The number of sulfonamides is 1. The van der Waals surface area contributed by atoms with Crippen molar-refractivity contribution in [3.05, 3.63) is 89.0 Å². The van der Waals surface area contributed by atoms with E-state index < -0.39 is 20.9 Å². The minimum absolute atomic E-state index is 0.0370. The lowest BCUT2D eigenvalue weighted by Gasteiger charge is -2.32. The van der Waals surface area contributed by atoms with Crippen molar-refractivity contribution in [2.75, 3.05) is 0 Å². The zero-order valence-electron chi connectivity index (χ0n) is 16.2. The van der Waals surface area contributed by atoms with Gasteiger partial charge in [0.1, 0.15) is 4.75 Å². The molecule has 2 aromatic heterocycles. The van der Waals surface area contributed by atoms with E-state index >= 15 is 0 Å². The van der Waals surface area contributed by atoms with Crippen LogP contribution in [0.1, 0.15) is 39.8 Å². The maximum Gasteiger partial charge on any atom is 0.221 e. The van der Waals surface area contributed by atoms with Gasteiger partial charge in [-0.1, -0.05) is 36.4 Å². The van der Waals surface area contributed by atoms with Crippen molar-refractivity contribution in [3.8, 4) is 0 Å². The molecular weight excluding hydrogens is 390 g/mol. The maximum absolute atomic E-state index is 12.7. The van der Waals surface area contributed by atoms with E-state index in [-0.39, 0.29) is 12.2 Å². The SMILES string of the molecule is Cc1cc(CC(O)C(C)(c2cccnc2)S(N)(=O)=O)[nH]c1C(=O)c1ccccc1. The zero-order chi connectivity index (χ0) is 21.2. The third-order valence-electron chi connectivity index (χ3n) is 5.21. The summed E-state index contributed by atoms with van der Waals surface area (Å²) < 4.78 is 23.0. The minimum atomic E-state index is -4.17. The van der Waals surface area contributed by atoms with Gasteiger partial charge in [0, 0.05) is 30.1 Å². The Bertz CT molecular complexity index is 1110. The number of primary sulfonamides is 1. The summed E-state index contributed by atoms with van der Waals surface area (Å²) in [5, 5.41) is 16.4. The lowest BCUT2D eigenvalue weighted by molar-refractivity contribution is 0.103. The second-order valence-electron chi connectivity index (χ2n) is 7.16. The van der Waals surface area contributed by atoms with Crippen LogP contribution in [0.25, 0.3) is 0 Å². The number of rotatable bonds is 7. The van der Waals surface area contributed by atoms with Gasteiger partial charge in [0.25, 0.3) is 0 Å². The molecular formula is C21H23N3O4S. The highest BCUT2D eigenvalue weighted by Crippen LogP contribution is 2.33. The summed E-state index contributed by atoms with van der Waals surface area (Å²) in [6.07, 6.45) is 1.48. The number of aryl methyl sites for hydroxylation is 1. The van der Waals surface area contributed by atoms with Crippen LogP contribution in [0.5, 0.6) is 0 Å². The molecule has 0 bridgehead atoms. The molecule has 0 aliphatic carbocycles. The van der Waals surface area contributed by atoms with Crippen LogP contribution in [0.3, 0.4) is 0 Å². The first-order valence-corrected chi connectivity index (χ1v) is 10.6. The third kappa shape index (κ3) is 4.00. The quantitative estimate of drug-likeness (QED) is 0.511. The van der Waals surface area contributed by atoms with Crippen molar-refractivity contribution in [3.63, 3.8) is 0 Å². The Morgan fingerprint density at radius 3 is 2.52 bits per heavy atom. The fraction of sp³-hybridized carbons (Fsp3) is 0.238. The van der Waals surface area contributed by atoms with Gasteiger partial charge in [-0.25, -0.2) is 13.6 Å². The summed E-state index contributed by atoms with van der Waals surface area (Å²) in [4.78, 5) is 19.7. The van der Waals surface area contributed by atoms with Gasteiger partial charge < -0.3 is 10.1 Å². The number of carbonyl (C=O) groups excluding carboxylic acids is 1. The molecule has 29 heavy (non-hydrogen) atoms. The van der Waals surface area contributed by atoms with E-state index in [4.69, 9.17) is 5.14 Å². The van der Waals surface area contributed by atoms with Crippen LogP contribution in [-0.4, -0.2) is 35.4 Å². The van der Waals surface area contributed by atoms with Gasteiger partial charge in [-0.3, -0.25) is 9.78 Å². The number of H-pyrrole nitrogens is 1. The molecule has 0 saturated heterocycles. The van der Waals surface area contributed by atoms with Crippen molar-refractivity contribution in [1.82, 2.24) is 9.97 Å². The summed E-state index contributed by atoms with van der Waals surface area (Å²) in [7, 11) is -4.17. The summed E-state index contributed by atoms with van der Waals surface area (Å²) >= 11 is 0. The van der Waals surface area contributed by atoms with Gasteiger partial charge in [-0.2, -0.15) is 0 Å². The van der Waals surface area contributed by atoms with E-state index in [0.717, 1.165) is 0 Å². The van der Waals surface area contributed by atoms with E-state index in [0.29, 0.717) is 28.1 Å². The van der Waals surface area contributed by atoms with Crippen LogP contribution < -0.4 is 5.14 Å². The van der Waals surface area contributed by atoms with Gasteiger partial charge in [0.2, 0.25) is 15.8 Å². The lowest BCUT2D eigenvalue weighted by atomic mass is 9.92. The molecule has 0 spiro atoms. The first kappa shape index (κ1) is 20.9. The summed E-state index contributed by atoms with van der Waals surface area (Å²) in [6.45, 7) is 3.15. The van der Waals surface area contributed by atoms with E-state index in [2.05, 4.69) is 9.97 Å². The molecule has 2 unspecified atom stereocenters. The summed E-state index contributed by atoms with van der Waals surface area (Å²) in [5.41, 5.74) is 2.47. The molecule has 0 aliphatic heterocycles. The molecule has 3 rings (SSSR count). The van der Waals surface area contributed by atoms with Crippen LogP contribution in [-0.2, 0) is 21.2 Å². The molecule has 2 atom stereocenters. The minimum Gasteiger partial charge on any atom is -0.391 e. The fourth-order valence-electron chi connectivity index (χ4n) is 3.31. The number of ketones is 1. The number of nitrogens with zero attached hydrogens (tertiary/aromatic N) is 1. The number of aliphatic hydroxyl groups excluding tert-OH is 1. The number of aromatic amines is 1. The molecule has 1 aromatic carbocycles. The number of nitrogens with two attached hydrogens (primary N) is 1. The predicted octanol–water partition coefficient (Wildman–Crippen LogP) is 2.06. The highest BCUT2D eigenvalue weighted by molar-refractivity contribution is 7.90. The maximum atomic E-state index is 12.7. The smallest absolute Gasteiger partial charge is 0.221 e. The number of hydrogen-bond acceptors (Lipinski definition) is 5. The van der Waals surface area contributed by atoms with Crippen molar-refractivity contribution in [2.24, 2.45) is 5.14 Å². The Hall–Kier alpha value is -2.81. The van der Waals surface area contributed by atoms with Crippen LogP contribution in [0.15, 0.2) is 60.9 Å². The average molecular weight is 413 g/mol. The lowest BCUT2D eigenvalue weighted by Crippen LogP contribution is -2.48. The molecule has 0 amide bonds. The van der Waals surface area contributed by atoms with Gasteiger partial charge in [0.15, 0.2) is 0 Å². The predicted molar refractivity (Wildman–Crippen MR) is 110 cm³/mol. The van der Waals surface area contributed by atoms with Gasteiger partial charge in [0.05, 0.1) is 11.8 Å². The first-order valence-electron chi connectivity index (χ1n) is 9.03. The second kappa shape index (κ2) is 7.90. The number of nitrogens with one attached hydrogen (secondary N) is 1. The van der Waals surface area contributed by atoms with Gasteiger partial charge >= 0.3 is 0 Å². The number of benzene rings is 1. The molecule has 8 heteroatoms. The third-order valence-corrected chi connectivity index (χ3v) is 6.90. The molecule has 4 N–H and O–H groups in total. The van der Waals surface area contributed by atoms with Crippen LogP contribution in [0, 0.1) is 6.92 Å². The van der Waals surface area contributed by atoms with E-state index in [1.54, 1.807) is 49.4 Å². The van der Waals surface area contributed by atoms with Crippen LogP contribution in [0.4, 0.5) is 0 Å². The molecule has 0 fully saturated rings. The Morgan fingerprint density at radius 1 is 1.24 bits per heavy atom. The molecule has 3 aromatic rings. The van der Waals surface area contributed by atoms with Crippen molar-refractivity contribution >= 4 is 15.8 Å².